The summed E-state index contributed by atoms with van der Waals surface area (Å²) in [7, 11) is 1.29. The summed E-state index contributed by atoms with van der Waals surface area (Å²) in [6, 6.07) is 11.4. The molecule has 11 heteroatoms. The lowest BCUT2D eigenvalue weighted by atomic mass is 10.1. The minimum absolute atomic E-state index is 0. The van der Waals surface area contributed by atoms with E-state index in [1.807, 2.05) is 6.92 Å². The van der Waals surface area contributed by atoms with Gasteiger partial charge in [-0.1, -0.05) is 25.6 Å². The Morgan fingerprint density at radius 3 is 2.46 bits per heavy atom. The second kappa shape index (κ2) is 10.8. The van der Waals surface area contributed by atoms with Crippen LogP contribution in [0.2, 0.25) is 0 Å². The van der Waals surface area contributed by atoms with Gasteiger partial charge in [-0.2, -0.15) is 18.2 Å². The lowest BCUT2D eigenvalue weighted by Crippen LogP contribution is -2.23. The Hall–Kier alpha value is -4.28. The zero-order valence-electron chi connectivity index (χ0n) is 19.1. The molecule has 4 aromatic rings. The fourth-order valence-corrected chi connectivity index (χ4v) is 3.72. The number of rotatable bonds is 6. The summed E-state index contributed by atoms with van der Waals surface area (Å²) >= 11 is 0. The number of ether oxygens (including phenoxy) is 1. The number of nitrogens with one attached hydrogen (secondary N) is 1. The predicted octanol–water partition coefficient (Wildman–Crippen LogP) is 5.59. The van der Waals surface area contributed by atoms with Crippen LogP contribution >= 0.6 is 0 Å². The highest BCUT2D eigenvalue weighted by Crippen LogP contribution is 2.33. The number of anilines is 1. The van der Waals surface area contributed by atoms with Gasteiger partial charge in [0.05, 0.1) is 30.8 Å². The summed E-state index contributed by atoms with van der Waals surface area (Å²) in [5.41, 5.74) is -0.702. The van der Waals surface area contributed by atoms with Gasteiger partial charge in [-0.3, -0.25) is 9.36 Å². The van der Waals surface area contributed by atoms with Crippen molar-refractivity contribution in [1.82, 2.24) is 14.5 Å². The molecule has 0 aliphatic rings. The molecule has 2 aromatic carbocycles. The molecule has 0 unspecified atom stereocenters. The number of carbonyl (C=O) groups excluding carboxylic acids is 1. The van der Waals surface area contributed by atoms with Gasteiger partial charge in [0.25, 0.3) is 5.56 Å². The van der Waals surface area contributed by atoms with Crippen LogP contribution in [0.25, 0.3) is 11.0 Å². The van der Waals surface area contributed by atoms with Crippen LogP contribution in [0.15, 0.2) is 65.6 Å². The van der Waals surface area contributed by atoms with E-state index in [9.17, 15) is 27.2 Å². The average molecular weight is 516 g/mol. The number of hydrogen-bond donors (Lipinski definition) is 1. The molecule has 0 radical (unpaired) electrons. The Morgan fingerprint density at radius 2 is 1.81 bits per heavy atom. The monoisotopic (exact) mass is 516 g/mol. The van der Waals surface area contributed by atoms with Crippen LogP contribution in [-0.2, 0) is 17.5 Å². The summed E-state index contributed by atoms with van der Waals surface area (Å²) in [4.78, 5) is 32.9. The van der Waals surface area contributed by atoms with E-state index in [1.165, 1.54) is 25.4 Å². The van der Waals surface area contributed by atoms with Crippen LogP contribution in [0.4, 0.5) is 23.5 Å². The topological polar surface area (TPSA) is 86.1 Å². The minimum atomic E-state index is -4.80. The Balaban J connectivity index is 0.00000380. The van der Waals surface area contributed by atoms with E-state index in [-0.39, 0.29) is 30.6 Å². The summed E-state index contributed by atoms with van der Waals surface area (Å²) in [5.74, 6) is -1.35. The van der Waals surface area contributed by atoms with Crippen molar-refractivity contribution in [2.24, 2.45) is 0 Å². The van der Waals surface area contributed by atoms with E-state index in [4.69, 9.17) is 0 Å². The molecule has 0 amide bonds. The molecule has 0 bridgehead atoms. The van der Waals surface area contributed by atoms with Gasteiger partial charge in [0.15, 0.2) is 0 Å². The number of hydrogen-bond acceptors (Lipinski definition) is 6. The molecule has 0 fully saturated rings. The zero-order valence-corrected chi connectivity index (χ0v) is 19.1. The van der Waals surface area contributed by atoms with Crippen molar-refractivity contribution >= 4 is 23.0 Å². The molecular formula is C26H24F4N4O3. The van der Waals surface area contributed by atoms with Crippen LogP contribution in [0.3, 0.4) is 0 Å². The summed E-state index contributed by atoms with van der Waals surface area (Å²) < 4.78 is 59.8. The molecule has 1 N–H and O–H groups in total. The van der Waals surface area contributed by atoms with Gasteiger partial charge in [-0.05, 0) is 48.4 Å². The third-order valence-corrected chi connectivity index (χ3v) is 5.61. The van der Waals surface area contributed by atoms with E-state index < -0.39 is 35.6 Å². The van der Waals surface area contributed by atoms with Crippen LogP contribution in [0.1, 0.15) is 47.4 Å². The number of alkyl halides is 3. The second-order valence-corrected chi connectivity index (χ2v) is 8.01. The fourth-order valence-electron chi connectivity index (χ4n) is 3.72. The van der Waals surface area contributed by atoms with E-state index in [1.54, 1.807) is 24.3 Å². The van der Waals surface area contributed by atoms with E-state index in [2.05, 4.69) is 20.0 Å². The quantitative estimate of drug-likeness (QED) is 0.266. The Labute approximate surface area is 209 Å². The first kappa shape index (κ1) is 27.3. The molecule has 0 spiro atoms. The average Bonchev–Trinajstić information content (AvgIpc) is 2.85. The smallest absolute Gasteiger partial charge is 0.416 e. The first-order valence-corrected chi connectivity index (χ1v) is 10.7. The molecular weight excluding hydrogens is 492 g/mol. The maximum absolute atomic E-state index is 13.5. The van der Waals surface area contributed by atoms with Crippen molar-refractivity contribution in [3.8, 4) is 0 Å². The summed E-state index contributed by atoms with van der Waals surface area (Å²) in [6.07, 6.45) is -3.35. The van der Waals surface area contributed by atoms with E-state index >= 15 is 0 Å². The van der Waals surface area contributed by atoms with Gasteiger partial charge in [0, 0.05) is 17.6 Å². The van der Waals surface area contributed by atoms with Gasteiger partial charge in [-0.15, -0.1) is 0 Å². The molecule has 4 rings (SSSR count). The van der Waals surface area contributed by atoms with Gasteiger partial charge in [-0.25, -0.2) is 14.2 Å². The first-order chi connectivity index (χ1) is 17.1. The number of methoxy groups -OCH3 is 1. The summed E-state index contributed by atoms with van der Waals surface area (Å²) in [6.45, 7) is 1.36. The third kappa shape index (κ3) is 5.93. The minimum Gasteiger partial charge on any atom is -0.465 e. The van der Waals surface area contributed by atoms with Gasteiger partial charge < -0.3 is 10.1 Å². The fraction of sp³-hybridized carbons (Fsp3) is 0.231. The molecule has 2 aromatic heterocycles. The molecule has 0 saturated heterocycles. The predicted molar refractivity (Wildman–Crippen MR) is 131 cm³/mol. The van der Waals surface area contributed by atoms with Crippen LogP contribution in [0.5, 0.6) is 0 Å². The lowest BCUT2D eigenvalue weighted by Gasteiger charge is -2.17. The van der Waals surface area contributed by atoms with Gasteiger partial charge >= 0.3 is 12.1 Å². The van der Waals surface area contributed by atoms with Crippen LogP contribution in [0, 0.1) is 5.82 Å². The number of fused-ring (bicyclic) bond motifs is 1. The Bertz CT molecular complexity index is 1480. The highest BCUT2D eigenvalue weighted by molar-refractivity contribution is 5.89. The molecule has 0 aliphatic carbocycles. The molecule has 37 heavy (non-hydrogen) atoms. The normalized spacial score (nSPS) is 12.1. The number of carbonyl (C=O) groups is 1. The maximum atomic E-state index is 13.5. The van der Waals surface area contributed by atoms with Crippen molar-refractivity contribution in [3.63, 3.8) is 0 Å². The number of nitrogens with zero attached hydrogens (tertiary/aromatic N) is 3. The number of aromatic nitrogens is 3. The van der Waals surface area contributed by atoms with Crippen molar-refractivity contribution in [2.75, 3.05) is 12.4 Å². The van der Waals surface area contributed by atoms with Gasteiger partial charge in [0.1, 0.15) is 11.5 Å². The largest absolute Gasteiger partial charge is 0.465 e. The zero-order chi connectivity index (χ0) is 26.0. The maximum Gasteiger partial charge on any atom is 0.416 e. The van der Waals surface area contributed by atoms with Crippen molar-refractivity contribution in [1.29, 1.82) is 0 Å². The molecule has 194 valence electrons. The van der Waals surface area contributed by atoms with Crippen LogP contribution < -0.4 is 10.9 Å². The van der Waals surface area contributed by atoms with Crippen molar-refractivity contribution in [3.05, 3.63) is 99.2 Å². The van der Waals surface area contributed by atoms with Crippen molar-refractivity contribution < 1.29 is 27.1 Å². The molecule has 1 atom stereocenters. The standard InChI is InChI=1S/C25H20F4N4O3.CH4/c1-14(15-3-5-16(6-4-15)23(35)36-2)31-24-30-12-17-8-10-21(34)33(22(17)32-24)13-18-7-9-19(26)11-20(18)25(27,28)29;/h3-12,14H,13H2,1-2H3,(H,30,31,32);1H4/t14-;/m0./s1. The summed E-state index contributed by atoms with van der Waals surface area (Å²) in [5, 5.41) is 3.52. The highest BCUT2D eigenvalue weighted by Gasteiger charge is 2.34. The van der Waals surface area contributed by atoms with E-state index in [0.29, 0.717) is 17.0 Å². The molecule has 2 heterocycles. The first-order valence-electron chi connectivity index (χ1n) is 10.7. The third-order valence-electron chi connectivity index (χ3n) is 5.61. The number of halogens is 4. The van der Waals surface area contributed by atoms with E-state index in [0.717, 1.165) is 22.3 Å². The lowest BCUT2D eigenvalue weighted by molar-refractivity contribution is -0.138. The highest BCUT2D eigenvalue weighted by atomic mass is 19.4. The second-order valence-electron chi connectivity index (χ2n) is 8.01. The van der Waals surface area contributed by atoms with Crippen molar-refractivity contribution in [2.45, 2.75) is 33.1 Å². The van der Waals surface area contributed by atoms with Gasteiger partial charge in [0.2, 0.25) is 5.95 Å². The molecule has 0 aliphatic heterocycles. The molecule has 0 saturated carbocycles. The number of esters is 1. The SMILES string of the molecule is C.COC(=O)c1ccc([C@H](C)Nc2ncc3ccc(=O)n(Cc4ccc(F)cc4C(F)(F)F)c3n2)cc1. The Morgan fingerprint density at radius 1 is 1.11 bits per heavy atom. The number of benzene rings is 2. The molecule has 7 nitrogen and oxygen atoms in total. The number of pyridine rings is 1. The Kier molecular flexibility index (Phi) is 7.95. The van der Waals surface area contributed by atoms with Crippen LogP contribution in [-0.4, -0.2) is 27.6 Å².